The zero-order valence-electron chi connectivity index (χ0n) is 10.6. The van der Waals surface area contributed by atoms with Crippen molar-refractivity contribution in [1.29, 1.82) is 0 Å². The Labute approximate surface area is 98.0 Å². The Balaban J connectivity index is 4.58. The fourth-order valence-corrected chi connectivity index (χ4v) is 2.39. The highest BCUT2D eigenvalue weighted by molar-refractivity contribution is 7.88. The second-order valence-electron chi connectivity index (χ2n) is 4.49. The first-order chi connectivity index (χ1) is 7.12. The van der Waals surface area contributed by atoms with Crippen molar-refractivity contribution in [2.45, 2.75) is 52.1 Å². The Morgan fingerprint density at radius 2 is 1.69 bits per heavy atom. The Morgan fingerprint density at radius 1 is 1.25 bits per heavy atom. The Kier molecular flexibility index (Phi) is 5.41. The summed E-state index contributed by atoms with van der Waals surface area (Å²) < 4.78 is 24.5. The minimum absolute atomic E-state index is 0.0909. The standard InChI is InChI=1S/C10H22N2O3S/c1-6-8(7-2)11-9(13)10(3,4)12-16(5,14)15/h8,12H,6-7H2,1-5H3,(H,11,13). The summed E-state index contributed by atoms with van der Waals surface area (Å²) >= 11 is 0. The molecule has 0 fully saturated rings. The molecule has 0 atom stereocenters. The maximum absolute atomic E-state index is 11.8. The zero-order chi connectivity index (χ0) is 13.0. The molecule has 2 N–H and O–H groups in total. The van der Waals surface area contributed by atoms with Gasteiger partial charge in [-0.1, -0.05) is 13.8 Å². The molecule has 0 radical (unpaired) electrons. The highest BCUT2D eigenvalue weighted by Crippen LogP contribution is 2.06. The number of sulfonamides is 1. The number of hydrogen-bond acceptors (Lipinski definition) is 3. The van der Waals surface area contributed by atoms with E-state index >= 15 is 0 Å². The van der Waals surface area contributed by atoms with Crippen molar-refractivity contribution in [2.75, 3.05) is 6.26 Å². The molecule has 0 aromatic rings. The predicted molar refractivity (Wildman–Crippen MR) is 64.6 cm³/mol. The molecule has 0 unspecified atom stereocenters. The van der Waals surface area contributed by atoms with Gasteiger partial charge in [0.25, 0.3) is 0 Å². The minimum atomic E-state index is -3.39. The third-order valence-corrected chi connectivity index (χ3v) is 3.21. The minimum Gasteiger partial charge on any atom is -0.352 e. The van der Waals surface area contributed by atoms with Crippen LogP contribution in [0.1, 0.15) is 40.5 Å². The van der Waals surface area contributed by atoms with Crippen LogP contribution in [0.2, 0.25) is 0 Å². The van der Waals surface area contributed by atoms with E-state index in [0.717, 1.165) is 19.1 Å². The summed E-state index contributed by atoms with van der Waals surface area (Å²) in [5.74, 6) is -0.299. The number of carbonyl (C=O) groups excluding carboxylic acids is 1. The van der Waals surface area contributed by atoms with Crippen LogP contribution < -0.4 is 10.0 Å². The normalized spacial score (nSPS) is 12.9. The number of rotatable bonds is 6. The summed E-state index contributed by atoms with van der Waals surface area (Å²) in [6.07, 6.45) is 2.70. The van der Waals surface area contributed by atoms with Gasteiger partial charge in [-0.15, -0.1) is 0 Å². The van der Waals surface area contributed by atoms with Crippen LogP contribution in [-0.2, 0) is 14.8 Å². The summed E-state index contributed by atoms with van der Waals surface area (Å²) in [7, 11) is -3.39. The van der Waals surface area contributed by atoms with Crippen LogP contribution in [0.3, 0.4) is 0 Å². The first-order valence-corrected chi connectivity index (χ1v) is 7.31. The molecule has 0 saturated carbocycles. The van der Waals surface area contributed by atoms with E-state index in [2.05, 4.69) is 10.0 Å². The van der Waals surface area contributed by atoms with Crippen LogP contribution in [0.4, 0.5) is 0 Å². The largest absolute Gasteiger partial charge is 0.352 e. The zero-order valence-corrected chi connectivity index (χ0v) is 11.4. The molecule has 0 spiro atoms. The van der Waals surface area contributed by atoms with E-state index in [4.69, 9.17) is 0 Å². The quantitative estimate of drug-likeness (QED) is 0.725. The lowest BCUT2D eigenvalue weighted by Gasteiger charge is -2.26. The van der Waals surface area contributed by atoms with Crippen LogP contribution in [-0.4, -0.2) is 32.2 Å². The van der Waals surface area contributed by atoms with E-state index in [0.29, 0.717) is 0 Å². The van der Waals surface area contributed by atoms with Crippen molar-refractivity contribution in [1.82, 2.24) is 10.0 Å². The smallest absolute Gasteiger partial charge is 0.240 e. The summed E-state index contributed by atoms with van der Waals surface area (Å²) in [4.78, 5) is 11.8. The topological polar surface area (TPSA) is 75.3 Å². The highest BCUT2D eigenvalue weighted by atomic mass is 32.2. The van der Waals surface area contributed by atoms with Gasteiger partial charge < -0.3 is 5.32 Å². The molecule has 6 heteroatoms. The summed E-state index contributed by atoms with van der Waals surface area (Å²) in [6, 6.07) is 0.0909. The van der Waals surface area contributed by atoms with Gasteiger partial charge in [0.15, 0.2) is 0 Å². The molecule has 0 bridgehead atoms. The second kappa shape index (κ2) is 5.63. The molecule has 1 amide bonds. The van der Waals surface area contributed by atoms with Gasteiger partial charge in [0.2, 0.25) is 15.9 Å². The van der Waals surface area contributed by atoms with Crippen LogP contribution in [0, 0.1) is 0 Å². The first-order valence-electron chi connectivity index (χ1n) is 5.42. The third kappa shape index (κ3) is 5.46. The van der Waals surface area contributed by atoms with Crippen molar-refractivity contribution in [3.05, 3.63) is 0 Å². The van der Waals surface area contributed by atoms with Crippen LogP contribution in [0.5, 0.6) is 0 Å². The first kappa shape index (κ1) is 15.4. The second-order valence-corrected chi connectivity index (χ2v) is 6.23. The molecule has 0 aliphatic heterocycles. The van der Waals surface area contributed by atoms with Crippen molar-refractivity contribution in [3.63, 3.8) is 0 Å². The molecule has 5 nitrogen and oxygen atoms in total. The van der Waals surface area contributed by atoms with Crippen molar-refractivity contribution < 1.29 is 13.2 Å². The SMILES string of the molecule is CCC(CC)NC(=O)C(C)(C)NS(C)(=O)=O. The van der Waals surface area contributed by atoms with E-state index in [1.54, 1.807) is 13.8 Å². The van der Waals surface area contributed by atoms with E-state index in [1.807, 2.05) is 13.8 Å². The molecule has 0 aliphatic carbocycles. The molecule has 0 heterocycles. The summed E-state index contributed by atoms with van der Waals surface area (Å²) in [5.41, 5.74) is -1.11. The van der Waals surface area contributed by atoms with Crippen LogP contribution >= 0.6 is 0 Å². The Hall–Kier alpha value is -0.620. The van der Waals surface area contributed by atoms with E-state index < -0.39 is 15.6 Å². The van der Waals surface area contributed by atoms with Gasteiger partial charge >= 0.3 is 0 Å². The fourth-order valence-electron chi connectivity index (χ4n) is 1.37. The van der Waals surface area contributed by atoms with Gasteiger partial charge in [0, 0.05) is 6.04 Å². The average Bonchev–Trinajstić information content (AvgIpc) is 2.09. The monoisotopic (exact) mass is 250 g/mol. The molecule has 96 valence electrons. The van der Waals surface area contributed by atoms with Gasteiger partial charge in [-0.05, 0) is 26.7 Å². The molecule has 0 aromatic carbocycles. The van der Waals surface area contributed by atoms with Crippen LogP contribution in [0.25, 0.3) is 0 Å². The molecule has 0 rings (SSSR count). The van der Waals surface area contributed by atoms with E-state index in [1.165, 1.54) is 0 Å². The average molecular weight is 250 g/mol. The number of carbonyl (C=O) groups is 1. The fraction of sp³-hybridized carbons (Fsp3) is 0.900. The Morgan fingerprint density at radius 3 is 2.00 bits per heavy atom. The number of amides is 1. The molecule has 16 heavy (non-hydrogen) atoms. The number of hydrogen-bond donors (Lipinski definition) is 2. The van der Waals surface area contributed by atoms with Crippen LogP contribution in [0.15, 0.2) is 0 Å². The molecule has 0 aromatic heterocycles. The maximum Gasteiger partial charge on any atom is 0.240 e. The lowest BCUT2D eigenvalue weighted by molar-refractivity contribution is -0.126. The summed E-state index contributed by atoms with van der Waals surface area (Å²) in [5, 5.41) is 2.81. The van der Waals surface area contributed by atoms with Crippen molar-refractivity contribution >= 4 is 15.9 Å². The van der Waals surface area contributed by atoms with Gasteiger partial charge in [-0.3, -0.25) is 4.79 Å². The third-order valence-electron chi connectivity index (χ3n) is 2.33. The van der Waals surface area contributed by atoms with E-state index in [-0.39, 0.29) is 11.9 Å². The lowest BCUT2D eigenvalue weighted by Crippen LogP contribution is -2.56. The summed E-state index contributed by atoms with van der Waals surface area (Å²) in [6.45, 7) is 7.05. The highest BCUT2D eigenvalue weighted by Gasteiger charge is 2.31. The predicted octanol–water partition coefficient (Wildman–Crippen LogP) is 0.619. The van der Waals surface area contributed by atoms with Gasteiger partial charge in [0.05, 0.1) is 6.26 Å². The van der Waals surface area contributed by atoms with Crippen molar-refractivity contribution in [2.24, 2.45) is 0 Å². The van der Waals surface area contributed by atoms with Crippen molar-refractivity contribution in [3.8, 4) is 0 Å². The molecular weight excluding hydrogens is 228 g/mol. The Bertz CT molecular complexity index is 332. The molecule has 0 saturated heterocycles. The number of nitrogens with one attached hydrogen (secondary N) is 2. The maximum atomic E-state index is 11.8. The van der Waals surface area contributed by atoms with Gasteiger partial charge in [-0.25, -0.2) is 13.1 Å². The molecule has 0 aliphatic rings. The van der Waals surface area contributed by atoms with E-state index in [9.17, 15) is 13.2 Å². The van der Waals surface area contributed by atoms with Gasteiger partial charge in [0.1, 0.15) is 5.54 Å². The lowest BCUT2D eigenvalue weighted by atomic mass is 10.0. The molecular formula is C10H22N2O3S. The van der Waals surface area contributed by atoms with Gasteiger partial charge in [-0.2, -0.15) is 0 Å².